The molecule has 0 saturated heterocycles. The number of phenolic OH excluding ortho intramolecular Hbond substituents is 1. The van der Waals surface area contributed by atoms with Crippen LogP contribution in [-0.4, -0.2) is 33.9 Å². The Morgan fingerprint density at radius 1 is 1.14 bits per heavy atom. The van der Waals surface area contributed by atoms with Gasteiger partial charge < -0.3 is 9.84 Å². The van der Waals surface area contributed by atoms with Crippen molar-refractivity contribution in [1.29, 1.82) is 0 Å². The second-order valence-corrected chi connectivity index (χ2v) is 8.06. The number of amides is 1. The molecule has 0 bridgehead atoms. The summed E-state index contributed by atoms with van der Waals surface area (Å²) in [7, 11) is 0. The van der Waals surface area contributed by atoms with E-state index in [1.165, 1.54) is 11.1 Å². The second kappa shape index (κ2) is 8.05. The number of carbonyl (C=O) groups excluding carboxylic acids is 1. The molecule has 0 fully saturated rings. The number of aromatic hydroxyl groups is 1. The van der Waals surface area contributed by atoms with Crippen molar-refractivity contribution in [2.45, 2.75) is 52.5 Å². The van der Waals surface area contributed by atoms with Gasteiger partial charge in [-0.25, -0.2) is 5.01 Å². The van der Waals surface area contributed by atoms with Gasteiger partial charge in [0.05, 0.1) is 17.9 Å². The van der Waals surface area contributed by atoms with E-state index in [4.69, 9.17) is 4.74 Å². The highest BCUT2D eigenvalue weighted by molar-refractivity contribution is 6.03. The van der Waals surface area contributed by atoms with Gasteiger partial charge in [-0.05, 0) is 63.9 Å². The van der Waals surface area contributed by atoms with Crippen LogP contribution < -0.4 is 4.74 Å². The monoisotopic (exact) mass is 380 g/mol. The minimum Gasteiger partial charge on any atom is -0.508 e. The summed E-state index contributed by atoms with van der Waals surface area (Å²) in [5.41, 5.74) is 4.13. The maximum Gasteiger partial charge on any atom is 0.243 e. The summed E-state index contributed by atoms with van der Waals surface area (Å²) in [6, 6.07) is 13.0. The van der Waals surface area contributed by atoms with Crippen LogP contribution in [0.5, 0.6) is 11.5 Å². The number of carbonyl (C=O) groups is 1. The highest BCUT2D eigenvalue weighted by Crippen LogP contribution is 2.31. The van der Waals surface area contributed by atoms with Gasteiger partial charge in [0.1, 0.15) is 11.5 Å². The molecular weight excluding hydrogens is 352 g/mol. The number of aryl methyl sites for hydroxylation is 2. The van der Waals surface area contributed by atoms with Crippen molar-refractivity contribution in [1.82, 2.24) is 5.01 Å². The first-order chi connectivity index (χ1) is 13.2. The molecule has 0 radical (unpaired) electrons. The number of phenols is 1. The molecule has 5 heteroatoms. The minimum absolute atomic E-state index is 0.0127. The highest BCUT2D eigenvalue weighted by Gasteiger charge is 2.38. The summed E-state index contributed by atoms with van der Waals surface area (Å²) in [6.45, 7) is 8.70. The molecule has 1 heterocycles. The summed E-state index contributed by atoms with van der Waals surface area (Å²) in [5, 5.41) is 15.6. The van der Waals surface area contributed by atoms with Crippen LogP contribution in [0.1, 0.15) is 49.8 Å². The first-order valence-electron chi connectivity index (χ1n) is 9.66. The molecule has 0 atom stereocenters. The Morgan fingerprint density at radius 2 is 1.79 bits per heavy atom. The fraction of sp³-hybridized carbons (Fsp3) is 0.391. The Labute approximate surface area is 166 Å². The zero-order valence-corrected chi connectivity index (χ0v) is 17.0. The lowest BCUT2D eigenvalue weighted by atomic mass is 9.93. The quantitative estimate of drug-likeness (QED) is 0.746. The van der Waals surface area contributed by atoms with Gasteiger partial charge in [0, 0.05) is 12.8 Å². The Balaban J connectivity index is 1.60. The average molecular weight is 380 g/mol. The fourth-order valence-electron chi connectivity index (χ4n) is 3.53. The van der Waals surface area contributed by atoms with E-state index in [1.807, 2.05) is 0 Å². The lowest BCUT2D eigenvalue weighted by Crippen LogP contribution is -2.40. The van der Waals surface area contributed by atoms with Crippen molar-refractivity contribution in [3.05, 3.63) is 59.2 Å². The first kappa shape index (κ1) is 19.9. The zero-order chi connectivity index (χ0) is 20.3. The predicted octanol–water partition coefficient (Wildman–Crippen LogP) is 4.58. The van der Waals surface area contributed by atoms with Gasteiger partial charge in [-0.1, -0.05) is 29.3 Å². The van der Waals surface area contributed by atoms with Crippen LogP contribution in [0.15, 0.2) is 47.6 Å². The Morgan fingerprint density at radius 3 is 2.43 bits per heavy atom. The van der Waals surface area contributed by atoms with Crippen molar-refractivity contribution < 1.29 is 14.6 Å². The minimum atomic E-state index is -0.331. The standard InChI is InChI=1S/C23H28N2O3/c1-16-12-17(2)14-18(13-16)21-15-23(3,4)25(24-21)22(27)6-5-11-28-20-9-7-19(26)8-10-20/h7-10,12-14,26H,5-6,11,15H2,1-4H3. The smallest absolute Gasteiger partial charge is 0.243 e. The van der Waals surface area contributed by atoms with Gasteiger partial charge in [0.15, 0.2) is 0 Å². The number of hydrazone groups is 1. The third kappa shape index (κ3) is 4.71. The Bertz CT molecular complexity index is 865. The van der Waals surface area contributed by atoms with Gasteiger partial charge in [-0.15, -0.1) is 0 Å². The van der Waals surface area contributed by atoms with Crippen molar-refractivity contribution >= 4 is 11.6 Å². The van der Waals surface area contributed by atoms with Gasteiger partial charge in [-0.2, -0.15) is 5.10 Å². The molecule has 0 spiro atoms. The summed E-state index contributed by atoms with van der Waals surface area (Å²) >= 11 is 0. The molecule has 1 amide bonds. The Hall–Kier alpha value is -2.82. The SMILES string of the molecule is Cc1cc(C)cc(C2=NN(C(=O)CCCOc3ccc(O)cc3)C(C)(C)C2)c1. The van der Waals surface area contributed by atoms with Crippen molar-refractivity contribution in [2.24, 2.45) is 5.10 Å². The number of rotatable bonds is 6. The van der Waals surface area contributed by atoms with E-state index >= 15 is 0 Å². The van der Waals surface area contributed by atoms with Crippen LogP contribution in [0.25, 0.3) is 0 Å². The molecule has 2 aromatic rings. The van der Waals surface area contributed by atoms with Crippen LogP contribution in [0, 0.1) is 13.8 Å². The molecule has 2 aromatic carbocycles. The van der Waals surface area contributed by atoms with Crippen molar-refractivity contribution in [2.75, 3.05) is 6.61 Å². The molecule has 0 unspecified atom stereocenters. The molecule has 148 valence electrons. The number of ether oxygens (including phenoxy) is 1. The summed E-state index contributed by atoms with van der Waals surface area (Å²) in [4.78, 5) is 12.8. The number of nitrogens with zero attached hydrogens (tertiary/aromatic N) is 2. The maximum atomic E-state index is 12.8. The van der Waals surface area contributed by atoms with E-state index in [0.717, 1.165) is 17.7 Å². The van der Waals surface area contributed by atoms with Gasteiger partial charge >= 0.3 is 0 Å². The van der Waals surface area contributed by atoms with Gasteiger partial charge in [-0.3, -0.25) is 4.79 Å². The third-order valence-electron chi connectivity index (χ3n) is 4.83. The van der Waals surface area contributed by atoms with Crippen LogP contribution in [0.4, 0.5) is 0 Å². The number of hydrogen-bond acceptors (Lipinski definition) is 4. The van der Waals surface area contributed by atoms with Crippen LogP contribution in [0.3, 0.4) is 0 Å². The molecule has 1 aliphatic rings. The molecule has 5 nitrogen and oxygen atoms in total. The molecule has 0 aromatic heterocycles. The Kier molecular flexibility index (Phi) is 5.73. The average Bonchev–Trinajstić information content (AvgIpc) is 2.95. The van der Waals surface area contributed by atoms with Crippen LogP contribution in [0.2, 0.25) is 0 Å². The van der Waals surface area contributed by atoms with Crippen molar-refractivity contribution in [3.8, 4) is 11.5 Å². The predicted molar refractivity (Wildman–Crippen MR) is 111 cm³/mol. The molecular formula is C23H28N2O3. The first-order valence-corrected chi connectivity index (χ1v) is 9.66. The van der Waals surface area contributed by atoms with E-state index in [1.54, 1.807) is 29.3 Å². The molecule has 0 saturated carbocycles. The normalized spacial score (nSPS) is 15.4. The molecule has 3 rings (SSSR count). The van der Waals surface area contributed by atoms with E-state index in [9.17, 15) is 9.90 Å². The van der Waals surface area contributed by atoms with E-state index < -0.39 is 0 Å². The zero-order valence-electron chi connectivity index (χ0n) is 17.0. The summed E-state index contributed by atoms with van der Waals surface area (Å²) < 4.78 is 5.63. The number of hydrogen-bond donors (Lipinski definition) is 1. The van der Waals surface area contributed by atoms with E-state index in [0.29, 0.717) is 25.2 Å². The molecule has 0 aliphatic carbocycles. The lowest BCUT2D eigenvalue weighted by Gasteiger charge is -2.28. The second-order valence-electron chi connectivity index (χ2n) is 8.06. The third-order valence-corrected chi connectivity index (χ3v) is 4.83. The molecule has 1 aliphatic heterocycles. The molecule has 1 N–H and O–H groups in total. The van der Waals surface area contributed by atoms with Crippen molar-refractivity contribution in [3.63, 3.8) is 0 Å². The van der Waals surface area contributed by atoms with E-state index in [-0.39, 0.29) is 17.2 Å². The maximum absolute atomic E-state index is 12.8. The van der Waals surface area contributed by atoms with Crippen LogP contribution in [-0.2, 0) is 4.79 Å². The van der Waals surface area contributed by atoms with E-state index in [2.05, 4.69) is 51.0 Å². The van der Waals surface area contributed by atoms with Gasteiger partial charge in [0.2, 0.25) is 5.91 Å². The highest BCUT2D eigenvalue weighted by atomic mass is 16.5. The number of benzene rings is 2. The summed E-state index contributed by atoms with van der Waals surface area (Å²) in [5.74, 6) is 0.900. The molecule has 28 heavy (non-hydrogen) atoms. The van der Waals surface area contributed by atoms with Gasteiger partial charge in [0.25, 0.3) is 0 Å². The fourth-order valence-corrected chi connectivity index (χ4v) is 3.53. The largest absolute Gasteiger partial charge is 0.508 e. The topological polar surface area (TPSA) is 62.1 Å². The van der Waals surface area contributed by atoms with Crippen LogP contribution >= 0.6 is 0 Å². The lowest BCUT2D eigenvalue weighted by molar-refractivity contribution is -0.135. The summed E-state index contributed by atoms with van der Waals surface area (Å²) in [6.07, 6.45) is 1.73.